The normalized spacial score (nSPS) is 14.1. The third-order valence-corrected chi connectivity index (χ3v) is 7.28. The maximum absolute atomic E-state index is 16.2. The molecule has 190 valence electrons. The number of aromatic amines is 1. The number of sulfonamides is 1. The van der Waals surface area contributed by atoms with Crippen molar-refractivity contribution < 1.29 is 17.5 Å². The summed E-state index contributed by atoms with van der Waals surface area (Å²) in [6.45, 7) is 0. The number of rotatable bonds is 6. The monoisotopic (exact) mass is 540 g/mol. The summed E-state index contributed by atoms with van der Waals surface area (Å²) < 4.78 is 45.9. The van der Waals surface area contributed by atoms with Gasteiger partial charge in [0.05, 0.1) is 30.3 Å². The molecular formula is C25H21FN4O5S2. The van der Waals surface area contributed by atoms with Gasteiger partial charge in [-0.05, 0) is 41.5 Å². The van der Waals surface area contributed by atoms with E-state index >= 15 is 4.39 Å². The van der Waals surface area contributed by atoms with E-state index in [1.165, 1.54) is 30.7 Å². The van der Waals surface area contributed by atoms with Crippen molar-refractivity contribution in [1.82, 2.24) is 14.4 Å². The number of hydrogen-bond acceptors (Lipinski definition) is 7. The molecule has 37 heavy (non-hydrogen) atoms. The molecule has 0 saturated heterocycles. The van der Waals surface area contributed by atoms with Crippen LogP contribution in [0, 0.1) is 5.82 Å². The minimum atomic E-state index is -3.50. The molecule has 0 bridgehead atoms. The average molecular weight is 541 g/mol. The molecule has 0 radical (unpaired) electrons. The number of fused-ring (bicyclic) bond motifs is 1. The first kappa shape index (κ1) is 24.7. The lowest BCUT2D eigenvalue weighted by molar-refractivity contribution is 0.415. The minimum Gasteiger partial charge on any atom is -0.495 e. The maximum atomic E-state index is 16.2. The van der Waals surface area contributed by atoms with E-state index in [1.54, 1.807) is 12.1 Å². The standard InChI is InChI=1S/C25H21FN4O5S2/c1-35-24-17(20-4-3-11-36-20)13-19(30-10-9-21(31)27-25(30)32)23(26)22(24)15-5-7-16-14(12-15)6-8-18(16)28-29-37(2,33)34/h3-5,7,9-13,29H,6,8H2,1-2H3,(H,27,31,32)/b28-18+. The molecule has 0 amide bonds. The van der Waals surface area contributed by atoms with Crippen LogP contribution in [0.5, 0.6) is 5.75 Å². The molecule has 2 N–H and O–H groups in total. The van der Waals surface area contributed by atoms with Gasteiger partial charge < -0.3 is 4.74 Å². The quantitative estimate of drug-likeness (QED) is 0.364. The fourth-order valence-corrected chi connectivity index (χ4v) is 5.39. The number of methoxy groups -OCH3 is 1. The van der Waals surface area contributed by atoms with E-state index in [-0.39, 0.29) is 11.3 Å². The zero-order valence-electron chi connectivity index (χ0n) is 19.7. The Morgan fingerprint density at radius 3 is 2.62 bits per heavy atom. The molecule has 1 aliphatic rings. The Hall–Kier alpha value is -4.03. The van der Waals surface area contributed by atoms with Crippen LogP contribution in [0.2, 0.25) is 0 Å². The zero-order chi connectivity index (χ0) is 26.3. The van der Waals surface area contributed by atoms with E-state index in [9.17, 15) is 18.0 Å². The van der Waals surface area contributed by atoms with Gasteiger partial charge >= 0.3 is 5.69 Å². The Kier molecular flexibility index (Phi) is 6.30. The van der Waals surface area contributed by atoms with E-state index in [0.717, 1.165) is 32.9 Å². The summed E-state index contributed by atoms with van der Waals surface area (Å²) in [6.07, 6.45) is 3.37. The predicted octanol–water partition coefficient (Wildman–Crippen LogP) is 3.27. The van der Waals surface area contributed by atoms with Gasteiger partial charge in [0.2, 0.25) is 10.0 Å². The summed E-state index contributed by atoms with van der Waals surface area (Å²) in [5, 5.41) is 5.90. The van der Waals surface area contributed by atoms with Gasteiger partial charge in [0, 0.05) is 28.3 Å². The lowest BCUT2D eigenvalue weighted by Crippen LogP contribution is -2.28. The third-order valence-electron chi connectivity index (χ3n) is 5.95. The number of ether oxygens (including phenoxy) is 1. The third kappa shape index (κ3) is 4.72. The Balaban J connectivity index is 1.73. The van der Waals surface area contributed by atoms with Gasteiger partial charge in [0.25, 0.3) is 5.56 Å². The summed E-state index contributed by atoms with van der Waals surface area (Å²) in [5.74, 6) is -0.399. The number of aryl methyl sites for hydroxylation is 1. The van der Waals surface area contributed by atoms with Crippen molar-refractivity contribution in [2.24, 2.45) is 5.10 Å². The van der Waals surface area contributed by atoms with Crippen molar-refractivity contribution in [2.75, 3.05) is 13.4 Å². The molecule has 0 fully saturated rings. The number of H-pyrrole nitrogens is 1. The minimum absolute atomic E-state index is 0.0412. The van der Waals surface area contributed by atoms with Crippen molar-refractivity contribution in [3.63, 3.8) is 0 Å². The van der Waals surface area contributed by atoms with Crippen LogP contribution in [0.1, 0.15) is 17.5 Å². The second kappa shape index (κ2) is 9.45. The first-order valence-electron chi connectivity index (χ1n) is 11.1. The molecule has 9 nitrogen and oxygen atoms in total. The van der Waals surface area contributed by atoms with Gasteiger partial charge in [0.1, 0.15) is 5.75 Å². The van der Waals surface area contributed by atoms with Crippen LogP contribution in [-0.4, -0.2) is 37.0 Å². The number of aromatic nitrogens is 2. The SMILES string of the molecule is COc1c(-c2cccs2)cc(-n2ccc(=O)[nH]c2=O)c(F)c1-c1ccc2c(c1)CC/C2=N\NS(C)(=O)=O. The van der Waals surface area contributed by atoms with Gasteiger partial charge in [0.15, 0.2) is 5.82 Å². The Morgan fingerprint density at radius 1 is 1.14 bits per heavy atom. The summed E-state index contributed by atoms with van der Waals surface area (Å²) >= 11 is 1.43. The molecule has 0 atom stereocenters. The van der Waals surface area contributed by atoms with Gasteiger partial charge in [-0.2, -0.15) is 5.10 Å². The highest BCUT2D eigenvalue weighted by Gasteiger charge is 2.26. The Bertz CT molecular complexity index is 1770. The lowest BCUT2D eigenvalue weighted by atomic mass is 9.95. The first-order valence-corrected chi connectivity index (χ1v) is 13.9. The van der Waals surface area contributed by atoms with Crippen molar-refractivity contribution in [2.45, 2.75) is 12.8 Å². The van der Waals surface area contributed by atoms with Crippen LogP contribution < -0.4 is 20.8 Å². The second-order valence-corrected chi connectivity index (χ2v) is 11.1. The van der Waals surface area contributed by atoms with Crippen LogP contribution in [0.3, 0.4) is 0 Å². The topological polar surface area (TPSA) is 123 Å². The second-order valence-electron chi connectivity index (χ2n) is 8.42. The van der Waals surface area contributed by atoms with Crippen molar-refractivity contribution >= 4 is 27.1 Å². The molecule has 12 heteroatoms. The van der Waals surface area contributed by atoms with Crippen LogP contribution in [-0.2, 0) is 16.4 Å². The van der Waals surface area contributed by atoms with Crippen LogP contribution >= 0.6 is 11.3 Å². The van der Waals surface area contributed by atoms with E-state index < -0.39 is 27.1 Å². The molecule has 0 spiro atoms. The summed E-state index contributed by atoms with van der Waals surface area (Å²) in [4.78, 5) is 29.3. The molecule has 4 aromatic rings. The highest BCUT2D eigenvalue weighted by atomic mass is 32.2. The number of thiophene rings is 1. The van der Waals surface area contributed by atoms with Crippen molar-refractivity contribution in [3.05, 3.63) is 91.8 Å². The van der Waals surface area contributed by atoms with Crippen LogP contribution in [0.25, 0.3) is 27.3 Å². The van der Waals surface area contributed by atoms with E-state index in [1.807, 2.05) is 23.6 Å². The van der Waals surface area contributed by atoms with Gasteiger partial charge in [-0.3, -0.25) is 14.3 Å². The van der Waals surface area contributed by atoms with Gasteiger partial charge in [-0.15, -0.1) is 11.3 Å². The van der Waals surface area contributed by atoms with Gasteiger partial charge in [-0.25, -0.2) is 22.4 Å². The molecule has 1 aliphatic carbocycles. The fourth-order valence-electron chi connectivity index (χ4n) is 4.37. The summed E-state index contributed by atoms with van der Waals surface area (Å²) in [6, 6.07) is 11.7. The van der Waals surface area contributed by atoms with E-state index in [0.29, 0.717) is 35.4 Å². The molecule has 2 aromatic heterocycles. The summed E-state index contributed by atoms with van der Waals surface area (Å²) in [5.41, 5.74) is 2.09. The van der Waals surface area contributed by atoms with E-state index in [4.69, 9.17) is 4.74 Å². The smallest absolute Gasteiger partial charge is 0.333 e. The predicted molar refractivity (Wildman–Crippen MR) is 141 cm³/mol. The molecule has 2 heterocycles. The van der Waals surface area contributed by atoms with Gasteiger partial charge in [-0.1, -0.05) is 24.3 Å². The van der Waals surface area contributed by atoms with E-state index in [2.05, 4.69) is 14.9 Å². The largest absolute Gasteiger partial charge is 0.495 e. The number of nitrogens with zero attached hydrogens (tertiary/aromatic N) is 2. The molecule has 0 saturated carbocycles. The summed E-state index contributed by atoms with van der Waals surface area (Å²) in [7, 11) is -2.04. The van der Waals surface area contributed by atoms with Crippen molar-refractivity contribution in [1.29, 1.82) is 0 Å². The fraction of sp³-hybridized carbons (Fsp3) is 0.160. The molecule has 0 unspecified atom stereocenters. The number of halogens is 1. The molecule has 0 aliphatic heterocycles. The molecule has 5 rings (SSSR count). The number of hydrogen-bond donors (Lipinski definition) is 2. The first-order chi connectivity index (χ1) is 17.7. The Morgan fingerprint density at radius 2 is 1.95 bits per heavy atom. The van der Waals surface area contributed by atoms with Crippen molar-refractivity contribution in [3.8, 4) is 33.0 Å². The molecular weight excluding hydrogens is 519 g/mol. The average Bonchev–Trinajstić information content (AvgIpc) is 3.52. The molecule has 2 aromatic carbocycles. The van der Waals surface area contributed by atoms with Crippen LogP contribution in [0.4, 0.5) is 4.39 Å². The lowest BCUT2D eigenvalue weighted by Gasteiger charge is -2.18. The zero-order valence-corrected chi connectivity index (χ0v) is 21.4. The number of benzene rings is 2. The maximum Gasteiger partial charge on any atom is 0.333 e. The highest BCUT2D eigenvalue weighted by Crippen LogP contribution is 2.45. The highest BCUT2D eigenvalue weighted by molar-refractivity contribution is 7.88. The Labute approximate surface area is 214 Å². The number of hydrazone groups is 1. The number of nitrogens with one attached hydrogen (secondary N) is 2. The van der Waals surface area contributed by atoms with Crippen LogP contribution in [0.15, 0.2) is 68.7 Å².